The maximum Gasteiger partial charge on any atom is 0.471 e. The monoisotopic (exact) mass is 306 g/mol. The fourth-order valence-electron chi connectivity index (χ4n) is 0.917. The fourth-order valence-corrected chi connectivity index (χ4v) is 1.45. The van der Waals surface area contributed by atoms with Gasteiger partial charge in [0, 0.05) is 0 Å². The number of carbonyl (C=O) groups is 2. The van der Waals surface area contributed by atoms with Crippen LogP contribution in [0, 0.1) is 11.3 Å². The van der Waals surface area contributed by atoms with Crippen molar-refractivity contribution in [3.05, 3.63) is 11.8 Å². The first-order chi connectivity index (χ1) is 9.24. The van der Waals surface area contributed by atoms with Gasteiger partial charge in [0.15, 0.2) is 11.0 Å². The number of carboxylic acid groups (broad SMARTS) is 1. The molecule has 0 bridgehead atoms. The molecule has 0 aliphatic heterocycles. The summed E-state index contributed by atoms with van der Waals surface area (Å²) in [6, 6.07) is 1.51. The van der Waals surface area contributed by atoms with Gasteiger partial charge in [-0.1, -0.05) is 11.8 Å². The van der Waals surface area contributed by atoms with E-state index in [-0.39, 0.29) is 10.7 Å². The fraction of sp³-hybridized carbons (Fsp3) is 0.222. The highest BCUT2D eigenvalue weighted by molar-refractivity contribution is 7.99. The second-order valence-corrected chi connectivity index (χ2v) is 4.10. The van der Waals surface area contributed by atoms with Gasteiger partial charge < -0.3 is 10.4 Å². The zero-order valence-electron chi connectivity index (χ0n) is 9.43. The second kappa shape index (κ2) is 6.20. The van der Waals surface area contributed by atoms with Gasteiger partial charge in [-0.2, -0.15) is 18.4 Å². The number of amides is 1. The Morgan fingerprint density at radius 3 is 2.65 bits per heavy atom. The minimum atomic E-state index is -5.13. The minimum absolute atomic E-state index is 0.177. The SMILES string of the molecule is N#Cc1cnc(SCC(=O)O)nc1NC(=O)C(F)(F)F. The minimum Gasteiger partial charge on any atom is -0.481 e. The van der Waals surface area contributed by atoms with Gasteiger partial charge >= 0.3 is 18.1 Å². The predicted molar refractivity (Wildman–Crippen MR) is 59.8 cm³/mol. The zero-order valence-corrected chi connectivity index (χ0v) is 10.2. The lowest BCUT2D eigenvalue weighted by Crippen LogP contribution is -2.30. The van der Waals surface area contributed by atoms with Crippen molar-refractivity contribution in [2.75, 3.05) is 11.1 Å². The molecular formula is C9H5F3N4O3S. The molecule has 0 aliphatic rings. The Labute approximate surface area is 113 Å². The number of alkyl halides is 3. The lowest BCUT2D eigenvalue weighted by molar-refractivity contribution is -0.167. The van der Waals surface area contributed by atoms with Gasteiger partial charge in [0.1, 0.15) is 11.6 Å². The number of thioether (sulfide) groups is 1. The summed E-state index contributed by atoms with van der Waals surface area (Å²) in [5, 5.41) is 18.4. The molecule has 0 spiro atoms. The van der Waals surface area contributed by atoms with Crippen LogP contribution < -0.4 is 5.32 Å². The summed E-state index contributed by atoms with van der Waals surface area (Å²) in [6.07, 6.45) is -4.24. The lowest BCUT2D eigenvalue weighted by atomic mass is 10.3. The van der Waals surface area contributed by atoms with Crippen molar-refractivity contribution in [3.8, 4) is 6.07 Å². The molecule has 0 atom stereocenters. The topological polar surface area (TPSA) is 116 Å². The Hall–Kier alpha value is -2.35. The Balaban J connectivity index is 2.98. The average Bonchev–Trinajstić information content (AvgIpc) is 2.35. The van der Waals surface area contributed by atoms with Gasteiger partial charge in [0.25, 0.3) is 0 Å². The van der Waals surface area contributed by atoms with Crippen LogP contribution in [0.3, 0.4) is 0 Å². The Morgan fingerprint density at radius 2 is 2.15 bits per heavy atom. The molecule has 2 N–H and O–H groups in total. The highest BCUT2D eigenvalue weighted by atomic mass is 32.2. The summed E-state index contributed by atoms with van der Waals surface area (Å²) < 4.78 is 36.3. The van der Waals surface area contributed by atoms with Crippen molar-refractivity contribution < 1.29 is 27.9 Å². The van der Waals surface area contributed by atoms with Gasteiger partial charge in [-0.25, -0.2) is 9.97 Å². The van der Waals surface area contributed by atoms with Crippen molar-refractivity contribution in [2.24, 2.45) is 0 Å². The molecule has 11 heteroatoms. The highest BCUT2D eigenvalue weighted by Gasteiger charge is 2.39. The highest BCUT2D eigenvalue weighted by Crippen LogP contribution is 2.21. The molecule has 1 heterocycles. The number of carbonyl (C=O) groups excluding carboxylic acids is 1. The Bertz CT molecular complexity index is 585. The molecule has 7 nitrogen and oxygen atoms in total. The number of hydrogen-bond donors (Lipinski definition) is 2. The number of aliphatic carboxylic acids is 1. The van der Waals surface area contributed by atoms with Gasteiger partial charge in [0.05, 0.1) is 11.9 Å². The van der Waals surface area contributed by atoms with Crippen molar-refractivity contribution >= 4 is 29.5 Å². The lowest BCUT2D eigenvalue weighted by Gasteiger charge is -2.08. The van der Waals surface area contributed by atoms with E-state index in [1.54, 1.807) is 0 Å². The summed E-state index contributed by atoms with van der Waals surface area (Å²) >= 11 is 0.633. The van der Waals surface area contributed by atoms with E-state index in [9.17, 15) is 22.8 Å². The van der Waals surface area contributed by atoms with Crippen LogP contribution in [0.4, 0.5) is 19.0 Å². The smallest absolute Gasteiger partial charge is 0.471 e. The van der Waals surface area contributed by atoms with Crippen LogP contribution in [0.15, 0.2) is 11.4 Å². The van der Waals surface area contributed by atoms with E-state index in [0.717, 1.165) is 6.20 Å². The Kier molecular flexibility index (Phi) is 4.87. The van der Waals surface area contributed by atoms with Crippen LogP contribution in [0.5, 0.6) is 0 Å². The van der Waals surface area contributed by atoms with Crippen molar-refractivity contribution in [1.29, 1.82) is 5.26 Å². The number of nitriles is 1. The molecule has 0 fully saturated rings. The largest absolute Gasteiger partial charge is 0.481 e. The predicted octanol–water partition coefficient (Wildman–Crippen LogP) is 1.03. The van der Waals surface area contributed by atoms with Crippen molar-refractivity contribution in [2.45, 2.75) is 11.3 Å². The summed E-state index contributed by atoms with van der Waals surface area (Å²) in [6.45, 7) is 0. The first-order valence-electron chi connectivity index (χ1n) is 4.74. The number of nitrogens with one attached hydrogen (secondary N) is 1. The molecule has 0 saturated carbocycles. The molecule has 1 amide bonds. The normalized spacial score (nSPS) is 10.7. The molecule has 0 aliphatic carbocycles. The summed E-state index contributed by atoms with van der Waals surface area (Å²) in [4.78, 5) is 28.2. The number of carboxylic acids is 1. The number of rotatable bonds is 4. The second-order valence-electron chi connectivity index (χ2n) is 3.16. The van der Waals surface area contributed by atoms with E-state index in [1.807, 2.05) is 0 Å². The maximum absolute atomic E-state index is 12.1. The van der Waals surface area contributed by atoms with Crippen LogP contribution in [-0.2, 0) is 9.59 Å². The van der Waals surface area contributed by atoms with Crippen molar-refractivity contribution in [1.82, 2.24) is 9.97 Å². The molecule has 1 aromatic heterocycles. The number of anilines is 1. The molecule has 1 rings (SSSR count). The molecule has 20 heavy (non-hydrogen) atoms. The van der Waals surface area contributed by atoms with E-state index >= 15 is 0 Å². The van der Waals surface area contributed by atoms with Gasteiger partial charge in [0.2, 0.25) is 0 Å². The Morgan fingerprint density at radius 1 is 1.50 bits per heavy atom. The number of aromatic nitrogens is 2. The molecular weight excluding hydrogens is 301 g/mol. The number of hydrogen-bond acceptors (Lipinski definition) is 6. The quantitative estimate of drug-likeness (QED) is 0.630. The summed E-state index contributed by atoms with van der Waals surface area (Å²) in [7, 11) is 0. The summed E-state index contributed by atoms with van der Waals surface area (Å²) in [5.41, 5.74) is -0.373. The number of nitrogens with zero attached hydrogens (tertiary/aromatic N) is 3. The first kappa shape index (κ1) is 15.7. The standard InChI is InChI=1S/C9H5F3N4O3S/c10-9(11,12)7(19)15-6-4(1-13)2-14-8(16-6)20-3-5(17)18/h2H,3H2,(H,17,18)(H,14,15,16,19). The van der Waals surface area contributed by atoms with Gasteiger partial charge in [-0.15, -0.1) is 0 Å². The van der Waals surface area contributed by atoms with E-state index in [0.29, 0.717) is 11.8 Å². The first-order valence-corrected chi connectivity index (χ1v) is 5.72. The van der Waals surface area contributed by atoms with Crippen LogP contribution in [-0.4, -0.2) is 38.9 Å². The van der Waals surface area contributed by atoms with E-state index in [4.69, 9.17) is 10.4 Å². The third kappa shape index (κ3) is 4.39. The van der Waals surface area contributed by atoms with Crippen LogP contribution in [0.25, 0.3) is 0 Å². The zero-order chi connectivity index (χ0) is 15.3. The molecule has 0 unspecified atom stereocenters. The molecule has 0 aromatic carbocycles. The third-order valence-corrected chi connectivity index (χ3v) is 2.55. The summed E-state index contributed by atoms with van der Waals surface area (Å²) in [5.74, 6) is -4.51. The molecule has 0 saturated heterocycles. The van der Waals surface area contributed by atoms with E-state index in [1.165, 1.54) is 11.4 Å². The molecule has 0 radical (unpaired) electrons. The van der Waals surface area contributed by atoms with Gasteiger partial charge in [-0.05, 0) is 0 Å². The maximum atomic E-state index is 12.1. The van der Waals surface area contributed by atoms with Crippen LogP contribution in [0.2, 0.25) is 0 Å². The molecule has 1 aromatic rings. The number of halogens is 3. The van der Waals surface area contributed by atoms with E-state index in [2.05, 4.69) is 9.97 Å². The van der Waals surface area contributed by atoms with Crippen molar-refractivity contribution in [3.63, 3.8) is 0 Å². The van der Waals surface area contributed by atoms with E-state index < -0.39 is 29.6 Å². The molecule has 106 valence electrons. The third-order valence-electron chi connectivity index (χ3n) is 1.70. The average molecular weight is 306 g/mol. The van der Waals surface area contributed by atoms with Gasteiger partial charge in [-0.3, -0.25) is 9.59 Å². The van der Waals surface area contributed by atoms with Crippen LogP contribution in [0.1, 0.15) is 5.56 Å². The van der Waals surface area contributed by atoms with Crippen LogP contribution >= 0.6 is 11.8 Å².